The maximum absolute atomic E-state index is 10.8. The van der Waals surface area contributed by atoms with E-state index >= 15 is 0 Å². The van der Waals surface area contributed by atoms with Crippen molar-refractivity contribution in [1.82, 2.24) is 15.2 Å². The van der Waals surface area contributed by atoms with Gasteiger partial charge in [0.25, 0.3) is 0 Å². The molecule has 1 aromatic carbocycles. The Morgan fingerprint density at radius 1 is 1.50 bits per heavy atom. The first-order chi connectivity index (χ1) is 8.65. The van der Waals surface area contributed by atoms with Crippen molar-refractivity contribution in [2.24, 2.45) is 0 Å². The van der Waals surface area contributed by atoms with Crippen molar-refractivity contribution in [2.45, 2.75) is 17.8 Å². The molecule has 0 unspecified atom stereocenters. The van der Waals surface area contributed by atoms with Crippen molar-refractivity contribution in [1.29, 1.82) is 0 Å². The van der Waals surface area contributed by atoms with Crippen molar-refractivity contribution < 1.29 is 4.79 Å². The highest BCUT2D eigenvalue weighted by atomic mass is 35.5. The van der Waals surface area contributed by atoms with E-state index in [0.29, 0.717) is 16.9 Å². The molecule has 0 fully saturated rings. The lowest BCUT2D eigenvalue weighted by Gasteiger charge is -2.00. The number of nitrogens with one attached hydrogen (secondary N) is 2. The fourth-order valence-electron chi connectivity index (χ4n) is 1.29. The molecule has 0 atom stereocenters. The van der Waals surface area contributed by atoms with Gasteiger partial charge in [0.1, 0.15) is 0 Å². The van der Waals surface area contributed by atoms with Crippen LogP contribution in [-0.2, 0) is 10.5 Å². The van der Waals surface area contributed by atoms with Crippen LogP contribution in [0.25, 0.3) is 0 Å². The zero-order valence-electron chi connectivity index (χ0n) is 9.61. The van der Waals surface area contributed by atoms with Gasteiger partial charge in [0.15, 0.2) is 0 Å². The van der Waals surface area contributed by atoms with Crippen molar-refractivity contribution in [3.8, 4) is 0 Å². The first-order valence-electron chi connectivity index (χ1n) is 5.21. The third kappa shape index (κ3) is 3.48. The van der Waals surface area contributed by atoms with Crippen molar-refractivity contribution in [3.05, 3.63) is 34.9 Å². The Morgan fingerprint density at radius 2 is 2.28 bits per heavy atom. The molecule has 2 aromatic rings. The Balaban J connectivity index is 1.96. The molecule has 1 amide bonds. The van der Waals surface area contributed by atoms with Gasteiger partial charge in [0.2, 0.25) is 17.0 Å². The van der Waals surface area contributed by atoms with Gasteiger partial charge in [-0.15, -0.1) is 5.10 Å². The lowest BCUT2D eigenvalue weighted by molar-refractivity contribution is -0.114. The second-order valence-corrected chi connectivity index (χ2v) is 4.88. The number of halogens is 1. The van der Waals surface area contributed by atoms with Gasteiger partial charge in [-0.1, -0.05) is 41.6 Å². The fourth-order valence-corrected chi connectivity index (χ4v) is 2.38. The standard InChI is InChI=1S/C11H11ClN4OS/c1-7(17)13-10-14-11(16-15-10)18-6-8-4-2-3-5-9(8)12/h2-5H,6H2,1H3,(H2,13,14,15,16,17). The molecule has 0 saturated carbocycles. The Morgan fingerprint density at radius 3 is 3.00 bits per heavy atom. The molecule has 0 saturated heterocycles. The van der Waals surface area contributed by atoms with Gasteiger partial charge in [-0.2, -0.15) is 4.98 Å². The van der Waals surface area contributed by atoms with E-state index in [1.54, 1.807) is 0 Å². The van der Waals surface area contributed by atoms with Crippen LogP contribution < -0.4 is 5.32 Å². The number of nitrogens with zero attached hydrogens (tertiary/aromatic N) is 2. The molecule has 5 nitrogen and oxygen atoms in total. The Hall–Kier alpha value is -1.53. The molecule has 0 radical (unpaired) electrons. The lowest BCUT2D eigenvalue weighted by atomic mass is 10.2. The summed E-state index contributed by atoms with van der Waals surface area (Å²) >= 11 is 7.49. The SMILES string of the molecule is CC(=O)Nc1nc(SCc2ccccc2Cl)n[nH]1. The quantitative estimate of drug-likeness (QED) is 0.846. The Labute approximate surface area is 113 Å². The first kappa shape index (κ1) is 12.9. The molecule has 0 spiro atoms. The number of aromatic nitrogens is 3. The molecule has 0 bridgehead atoms. The highest BCUT2D eigenvalue weighted by Crippen LogP contribution is 2.24. The van der Waals surface area contributed by atoms with E-state index in [1.165, 1.54) is 18.7 Å². The minimum atomic E-state index is -0.186. The second kappa shape index (κ2) is 5.88. The van der Waals surface area contributed by atoms with Gasteiger partial charge < -0.3 is 0 Å². The molecule has 2 N–H and O–H groups in total. The van der Waals surface area contributed by atoms with Crippen molar-refractivity contribution in [2.75, 3.05) is 5.32 Å². The van der Waals surface area contributed by atoms with E-state index in [-0.39, 0.29) is 5.91 Å². The van der Waals surface area contributed by atoms with Gasteiger partial charge >= 0.3 is 0 Å². The van der Waals surface area contributed by atoms with Crippen LogP contribution in [0.5, 0.6) is 0 Å². The zero-order valence-corrected chi connectivity index (χ0v) is 11.2. The van der Waals surface area contributed by atoms with Gasteiger partial charge in [0.05, 0.1) is 0 Å². The summed E-state index contributed by atoms with van der Waals surface area (Å²) in [5.74, 6) is 0.842. The molecule has 0 aliphatic carbocycles. The monoisotopic (exact) mass is 282 g/mol. The number of thioether (sulfide) groups is 1. The number of carbonyl (C=O) groups is 1. The summed E-state index contributed by atoms with van der Waals surface area (Å²) < 4.78 is 0. The lowest BCUT2D eigenvalue weighted by Crippen LogP contribution is -2.06. The highest BCUT2D eigenvalue weighted by Gasteiger charge is 2.06. The predicted octanol–water partition coefficient (Wildman–Crippen LogP) is 2.71. The fraction of sp³-hybridized carbons (Fsp3) is 0.182. The molecule has 0 aliphatic heterocycles. The van der Waals surface area contributed by atoms with Crippen molar-refractivity contribution >= 4 is 35.2 Å². The number of benzene rings is 1. The third-order valence-electron chi connectivity index (χ3n) is 2.07. The van der Waals surface area contributed by atoms with Crippen LogP contribution in [0.2, 0.25) is 5.02 Å². The van der Waals surface area contributed by atoms with Crippen molar-refractivity contribution in [3.63, 3.8) is 0 Å². The zero-order chi connectivity index (χ0) is 13.0. The van der Waals surface area contributed by atoms with E-state index in [4.69, 9.17) is 11.6 Å². The third-order valence-corrected chi connectivity index (χ3v) is 3.34. The summed E-state index contributed by atoms with van der Waals surface area (Å²) in [5, 5.41) is 10.4. The van der Waals surface area contributed by atoms with Gasteiger partial charge in [-0.05, 0) is 11.6 Å². The molecule has 2 rings (SSSR count). The molecule has 18 heavy (non-hydrogen) atoms. The maximum atomic E-state index is 10.8. The molecular weight excluding hydrogens is 272 g/mol. The summed E-state index contributed by atoms with van der Waals surface area (Å²) in [6.45, 7) is 1.42. The van der Waals surface area contributed by atoms with Crippen LogP contribution in [-0.4, -0.2) is 21.1 Å². The molecule has 7 heteroatoms. The van der Waals surface area contributed by atoms with E-state index in [2.05, 4.69) is 20.5 Å². The normalized spacial score (nSPS) is 10.3. The molecule has 94 valence electrons. The number of rotatable bonds is 4. The van der Waals surface area contributed by atoms with Crippen LogP contribution >= 0.6 is 23.4 Å². The largest absolute Gasteiger partial charge is 0.295 e. The summed E-state index contributed by atoms with van der Waals surface area (Å²) in [4.78, 5) is 14.9. The van der Waals surface area contributed by atoms with Crippen LogP contribution in [0.1, 0.15) is 12.5 Å². The molecule has 1 heterocycles. The number of hydrogen-bond acceptors (Lipinski definition) is 4. The summed E-state index contributed by atoms with van der Waals surface area (Å²) in [6, 6.07) is 7.62. The van der Waals surface area contributed by atoms with Crippen LogP contribution in [0.3, 0.4) is 0 Å². The van der Waals surface area contributed by atoms with Crippen LogP contribution in [0.4, 0.5) is 5.95 Å². The second-order valence-electron chi connectivity index (χ2n) is 3.53. The number of carbonyl (C=O) groups excluding carboxylic acids is 1. The first-order valence-corrected chi connectivity index (χ1v) is 6.57. The average molecular weight is 283 g/mol. The number of H-pyrrole nitrogens is 1. The Kier molecular flexibility index (Phi) is 4.22. The van der Waals surface area contributed by atoms with Gasteiger partial charge in [-0.3, -0.25) is 10.1 Å². The van der Waals surface area contributed by atoms with Gasteiger partial charge in [0, 0.05) is 17.7 Å². The van der Waals surface area contributed by atoms with E-state index in [1.807, 2.05) is 24.3 Å². The minimum absolute atomic E-state index is 0.186. The summed E-state index contributed by atoms with van der Waals surface area (Å²) in [6.07, 6.45) is 0. The number of amides is 1. The summed E-state index contributed by atoms with van der Waals surface area (Å²) in [7, 11) is 0. The van der Waals surface area contributed by atoms with Gasteiger partial charge in [-0.25, -0.2) is 5.10 Å². The smallest absolute Gasteiger partial charge is 0.226 e. The van der Waals surface area contributed by atoms with E-state index in [0.717, 1.165) is 10.6 Å². The van der Waals surface area contributed by atoms with E-state index in [9.17, 15) is 4.79 Å². The molecule has 1 aromatic heterocycles. The van der Waals surface area contributed by atoms with Crippen LogP contribution in [0.15, 0.2) is 29.4 Å². The topological polar surface area (TPSA) is 70.7 Å². The highest BCUT2D eigenvalue weighted by molar-refractivity contribution is 7.98. The van der Waals surface area contributed by atoms with Crippen LogP contribution in [0, 0.1) is 0 Å². The average Bonchev–Trinajstić information content (AvgIpc) is 2.75. The number of aromatic amines is 1. The minimum Gasteiger partial charge on any atom is -0.295 e. The predicted molar refractivity (Wildman–Crippen MR) is 71.7 cm³/mol. The number of anilines is 1. The number of hydrogen-bond donors (Lipinski definition) is 2. The Bertz CT molecular complexity index is 557. The molecule has 0 aliphatic rings. The molecular formula is C11H11ClN4OS. The maximum Gasteiger partial charge on any atom is 0.226 e. The van der Waals surface area contributed by atoms with E-state index < -0.39 is 0 Å². The summed E-state index contributed by atoms with van der Waals surface area (Å²) in [5.41, 5.74) is 1.02.